The summed E-state index contributed by atoms with van der Waals surface area (Å²) in [5.74, 6) is 0.889. The molecule has 3 aromatic rings. The Bertz CT molecular complexity index is 762. The van der Waals surface area contributed by atoms with Gasteiger partial charge in [0.2, 0.25) is 5.89 Å². The average molecular weight is 295 g/mol. The number of nitrogens with zero attached hydrogens (tertiary/aromatic N) is 4. The topological polar surface area (TPSA) is 99.3 Å². The summed E-state index contributed by atoms with van der Waals surface area (Å²) in [4.78, 5) is 16.8. The van der Waals surface area contributed by atoms with Crippen molar-refractivity contribution in [3.8, 4) is 0 Å². The second kappa shape index (κ2) is 5.11. The van der Waals surface area contributed by atoms with Gasteiger partial charge < -0.3 is 10.2 Å². The van der Waals surface area contributed by atoms with E-state index in [1.807, 2.05) is 5.38 Å². The molecule has 0 amide bonds. The fourth-order valence-corrected chi connectivity index (χ4v) is 2.89. The Hall–Kier alpha value is -1.71. The summed E-state index contributed by atoms with van der Waals surface area (Å²) in [5, 5.41) is 9.84. The third-order valence-corrected chi connectivity index (χ3v) is 3.93. The van der Waals surface area contributed by atoms with Gasteiger partial charge >= 0.3 is 0 Å². The molecule has 0 fully saturated rings. The predicted molar refractivity (Wildman–Crippen MR) is 71.1 cm³/mol. The van der Waals surface area contributed by atoms with Gasteiger partial charge in [-0.15, -0.1) is 21.5 Å². The maximum Gasteiger partial charge on any atom is 0.277 e. The van der Waals surface area contributed by atoms with Crippen LogP contribution in [0.25, 0.3) is 4.96 Å². The largest absolute Gasteiger partial charge is 0.415 e. The minimum absolute atomic E-state index is 0.0879. The van der Waals surface area contributed by atoms with Gasteiger partial charge in [-0.05, 0) is 0 Å². The summed E-state index contributed by atoms with van der Waals surface area (Å²) in [6, 6.07) is 1.51. The fraction of sp³-hybridized carbons (Fsp3) is 0.200. The number of aromatic nitrogens is 4. The maximum atomic E-state index is 11.8. The van der Waals surface area contributed by atoms with E-state index >= 15 is 0 Å². The number of nitrogens with two attached hydrogens (primary N) is 1. The van der Waals surface area contributed by atoms with E-state index in [-0.39, 0.29) is 12.1 Å². The van der Waals surface area contributed by atoms with Gasteiger partial charge in [0.15, 0.2) is 4.96 Å². The molecule has 9 heteroatoms. The first kappa shape index (κ1) is 12.3. The molecule has 3 aromatic heterocycles. The van der Waals surface area contributed by atoms with Gasteiger partial charge in [-0.1, -0.05) is 11.8 Å². The third-order valence-electron chi connectivity index (χ3n) is 2.32. The minimum atomic E-state index is -0.0879. The quantitative estimate of drug-likeness (QED) is 0.713. The van der Waals surface area contributed by atoms with Crippen molar-refractivity contribution in [3.63, 3.8) is 0 Å². The van der Waals surface area contributed by atoms with E-state index in [9.17, 15) is 4.79 Å². The van der Waals surface area contributed by atoms with Crippen molar-refractivity contribution in [2.24, 2.45) is 5.73 Å². The zero-order valence-electron chi connectivity index (χ0n) is 9.65. The van der Waals surface area contributed by atoms with Crippen molar-refractivity contribution >= 4 is 28.1 Å². The Labute approximate surface area is 115 Å². The Balaban J connectivity index is 1.79. The number of rotatable bonds is 4. The molecule has 0 radical (unpaired) electrons. The van der Waals surface area contributed by atoms with Gasteiger partial charge in [-0.3, -0.25) is 9.20 Å². The summed E-state index contributed by atoms with van der Waals surface area (Å²) in [7, 11) is 0. The van der Waals surface area contributed by atoms with E-state index in [2.05, 4.69) is 15.2 Å². The second-order valence-corrected chi connectivity index (χ2v) is 5.40. The molecule has 0 bridgehead atoms. The van der Waals surface area contributed by atoms with Crippen LogP contribution in [0.1, 0.15) is 11.6 Å². The summed E-state index contributed by atoms with van der Waals surface area (Å²) in [6.45, 7) is 0.217. The van der Waals surface area contributed by atoms with Gasteiger partial charge in [-0.25, -0.2) is 4.98 Å². The number of thiazole rings is 1. The van der Waals surface area contributed by atoms with E-state index < -0.39 is 0 Å². The van der Waals surface area contributed by atoms with Gasteiger partial charge in [0.1, 0.15) is 0 Å². The summed E-state index contributed by atoms with van der Waals surface area (Å²) in [5.41, 5.74) is 5.98. The molecule has 0 aromatic carbocycles. The molecule has 0 aliphatic carbocycles. The SMILES string of the molecule is NCc1nnc(SCc2cc(=O)n3ccsc3n2)o1. The van der Waals surface area contributed by atoms with E-state index in [0.717, 1.165) is 0 Å². The van der Waals surface area contributed by atoms with E-state index in [4.69, 9.17) is 10.2 Å². The van der Waals surface area contributed by atoms with Crippen LogP contribution < -0.4 is 11.3 Å². The zero-order valence-corrected chi connectivity index (χ0v) is 11.3. The Morgan fingerprint density at radius 2 is 2.37 bits per heavy atom. The molecule has 3 rings (SSSR count). The molecule has 0 aliphatic heterocycles. The first-order chi connectivity index (χ1) is 9.26. The van der Waals surface area contributed by atoms with Crippen LogP contribution in [0, 0.1) is 0 Å². The molecule has 0 atom stereocenters. The molecular weight excluding hydrogens is 286 g/mol. The van der Waals surface area contributed by atoms with Crippen LogP contribution in [-0.4, -0.2) is 19.6 Å². The number of hydrogen-bond acceptors (Lipinski definition) is 8. The lowest BCUT2D eigenvalue weighted by molar-refractivity contribution is 0.414. The highest BCUT2D eigenvalue weighted by molar-refractivity contribution is 7.98. The highest BCUT2D eigenvalue weighted by Gasteiger charge is 2.08. The van der Waals surface area contributed by atoms with Crippen molar-refractivity contribution in [2.45, 2.75) is 17.5 Å². The molecule has 7 nitrogen and oxygen atoms in total. The molecule has 0 spiro atoms. The molecule has 0 unspecified atom stereocenters. The molecule has 98 valence electrons. The van der Waals surface area contributed by atoms with Crippen molar-refractivity contribution in [1.82, 2.24) is 19.6 Å². The monoisotopic (exact) mass is 295 g/mol. The first-order valence-electron chi connectivity index (χ1n) is 5.37. The van der Waals surface area contributed by atoms with Gasteiger partial charge in [0.25, 0.3) is 10.8 Å². The maximum absolute atomic E-state index is 11.8. The van der Waals surface area contributed by atoms with Crippen LogP contribution in [0.4, 0.5) is 0 Å². The first-order valence-corrected chi connectivity index (χ1v) is 7.24. The molecule has 0 saturated heterocycles. The van der Waals surface area contributed by atoms with Gasteiger partial charge in [0.05, 0.1) is 12.2 Å². The van der Waals surface area contributed by atoms with Crippen molar-refractivity contribution in [3.05, 3.63) is 39.6 Å². The van der Waals surface area contributed by atoms with Crippen LogP contribution in [0.3, 0.4) is 0 Å². The van der Waals surface area contributed by atoms with Crippen molar-refractivity contribution in [1.29, 1.82) is 0 Å². The Morgan fingerprint density at radius 3 is 3.16 bits per heavy atom. The van der Waals surface area contributed by atoms with E-state index in [1.165, 1.54) is 33.6 Å². The fourth-order valence-electron chi connectivity index (χ4n) is 1.48. The number of thioether (sulfide) groups is 1. The van der Waals surface area contributed by atoms with Crippen LogP contribution >= 0.6 is 23.1 Å². The standard InChI is InChI=1S/C10H9N5O2S2/c11-4-7-13-14-10(17-7)19-5-6-3-8(16)15-1-2-18-9(15)12-6/h1-3H,4-5,11H2. The molecule has 3 heterocycles. The number of hydrogen-bond donors (Lipinski definition) is 1. The molecule has 19 heavy (non-hydrogen) atoms. The van der Waals surface area contributed by atoms with Crippen molar-refractivity contribution < 1.29 is 4.42 Å². The molecule has 2 N–H and O–H groups in total. The molecule has 0 aliphatic rings. The van der Waals surface area contributed by atoms with E-state index in [0.29, 0.717) is 27.5 Å². The van der Waals surface area contributed by atoms with Crippen LogP contribution in [0.15, 0.2) is 32.1 Å². The smallest absolute Gasteiger partial charge is 0.277 e. The highest BCUT2D eigenvalue weighted by Crippen LogP contribution is 2.20. The number of fused-ring (bicyclic) bond motifs is 1. The highest BCUT2D eigenvalue weighted by atomic mass is 32.2. The minimum Gasteiger partial charge on any atom is -0.415 e. The van der Waals surface area contributed by atoms with Crippen molar-refractivity contribution in [2.75, 3.05) is 0 Å². The van der Waals surface area contributed by atoms with Gasteiger partial charge in [-0.2, -0.15) is 0 Å². The molecule has 0 saturated carbocycles. The molecular formula is C10H9N5O2S2. The Kier molecular flexibility index (Phi) is 3.32. The predicted octanol–water partition coefficient (Wildman–Crippen LogP) is 0.890. The zero-order chi connectivity index (χ0) is 13.2. The summed E-state index contributed by atoms with van der Waals surface area (Å²) >= 11 is 2.75. The lowest BCUT2D eigenvalue weighted by atomic mass is 10.4. The summed E-state index contributed by atoms with van der Waals surface area (Å²) < 4.78 is 6.78. The second-order valence-electron chi connectivity index (χ2n) is 3.60. The van der Waals surface area contributed by atoms with Crippen LogP contribution in [0.5, 0.6) is 0 Å². The van der Waals surface area contributed by atoms with Crippen LogP contribution in [0.2, 0.25) is 0 Å². The average Bonchev–Trinajstić information content (AvgIpc) is 3.05. The van der Waals surface area contributed by atoms with Gasteiger partial charge in [0, 0.05) is 23.4 Å². The Morgan fingerprint density at radius 1 is 1.47 bits per heavy atom. The lowest BCUT2D eigenvalue weighted by Gasteiger charge is -1.98. The van der Waals surface area contributed by atoms with E-state index in [1.54, 1.807) is 6.20 Å². The lowest BCUT2D eigenvalue weighted by Crippen LogP contribution is -2.12. The third kappa shape index (κ3) is 2.53. The summed E-state index contributed by atoms with van der Waals surface area (Å²) in [6.07, 6.45) is 1.71. The van der Waals surface area contributed by atoms with Crippen LogP contribution in [-0.2, 0) is 12.3 Å². The normalized spacial score (nSPS) is 11.2.